The predicted octanol–water partition coefficient (Wildman–Crippen LogP) is 3.98. The minimum Gasteiger partial charge on any atom is -0.325 e. The number of benzene rings is 3. The van der Waals surface area contributed by atoms with E-state index in [1.807, 2.05) is 4.90 Å². The maximum Gasteiger partial charge on any atom is 0.251 e. The van der Waals surface area contributed by atoms with Crippen LogP contribution in [0.3, 0.4) is 0 Å². The fraction of sp³-hybridized carbons (Fsp3) is 0.250. The van der Waals surface area contributed by atoms with Gasteiger partial charge in [-0.25, -0.2) is 8.78 Å². The first-order chi connectivity index (χ1) is 17.4. The fourth-order valence-electron chi connectivity index (χ4n) is 7.34. The average Bonchev–Trinajstić information content (AvgIpc) is 3.58. The zero-order chi connectivity index (χ0) is 24.8. The highest BCUT2D eigenvalue weighted by molar-refractivity contribution is 6.21. The molecule has 7 rings (SSSR count). The number of fused-ring (bicyclic) bond motifs is 7. The summed E-state index contributed by atoms with van der Waals surface area (Å²) < 4.78 is 28.5. The van der Waals surface area contributed by atoms with Gasteiger partial charge in [0.1, 0.15) is 22.6 Å². The summed E-state index contributed by atoms with van der Waals surface area (Å²) in [7, 11) is 0. The zero-order valence-corrected chi connectivity index (χ0v) is 19.1. The zero-order valence-electron chi connectivity index (χ0n) is 19.1. The van der Waals surface area contributed by atoms with Crippen molar-refractivity contribution in [2.75, 3.05) is 17.2 Å². The van der Waals surface area contributed by atoms with Gasteiger partial charge < -0.3 is 10.6 Å². The van der Waals surface area contributed by atoms with Crippen molar-refractivity contribution in [3.8, 4) is 0 Å². The Morgan fingerprint density at radius 1 is 0.861 bits per heavy atom. The van der Waals surface area contributed by atoms with Crippen molar-refractivity contribution in [3.63, 3.8) is 0 Å². The number of anilines is 2. The average molecular weight is 485 g/mol. The van der Waals surface area contributed by atoms with Gasteiger partial charge in [0.2, 0.25) is 5.91 Å². The van der Waals surface area contributed by atoms with Crippen LogP contribution >= 0.6 is 0 Å². The molecule has 0 aromatic heterocycles. The molecule has 2 amide bonds. The van der Waals surface area contributed by atoms with Crippen molar-refractivity contribution >= 4 is 29.0 Å². The van der Waals surface area contributed by atoms with E-state index < -0.39 is 46.4 Å². The monoisotopic (exact) mass is 485 g/mol. The number of nitrogens with one attached hydrogen (secondary N) is 2. The molecule has 180 valence electrons. The van der Waals surface area contributed by atoms with E-state index in [0.717, 1.165) is 6.42 Å². The summed E-state index contributed by atoms with van der Waals surface area (Å²) in [5.74, 6) is -3.21. The third-order valence-corrected chi connectivity index (χ3v) is 8.47. The second-order valence-electron chi connectivity index (χ2n) is 9.91. The van der Waals surface area contributed by atoms with Gasteiger partial charge in [0.15, 0.2) is 5.78 Å². The summed E-state index contributed by atoms with van der Waals surface area (Å²) in [5.41, 5.74) is -1.15. The number of para-hydroxylation sites is 1. The van der Waals surface area contributed by atoms with Gasteiger partial charge in [-0.15, -0.1) is 0 Å². The van der Waals surface area contributed by atoms with Crippen LogP contribution in [0.25, 0.3) is 0 Å². The molecular formula is C28H21F2N3O3. The molecular weight excluding hydrogens is 464 g/mol. The van der Waals surface area contributed by atoms with E-state index in [2.05, 4.69) is 10.6 Å². The third kappa shape index (κ3) is 2.31. The maximum absolute atomic E-state index is 14.7. The molecule has 6 nitrogen and oxygen atoms in total. The molecule has 0 radical (unpaired) electrons. The Labute approximate surface area is 205 Å². The number of halogens is 2. The van der Waals surface area contributed by atoms with Gasteiger partial charge in [0, 0.05) is 28.5 Å². The molecule has 36 heavy (non-hydrogen) atoms. The van der Waals surface area contributed by atoms with Crippen LogP contribution in [0.4, 0.5) is 20.2 Å². The molecule has 2 N–H and O–H groups in total. The van der Waals surface area contributed by atoms with Gasteiger partial charge in [-0.2, -0.15) is 0 Å². The largest absolute Gasteiger partial charge is 0.325 e. The summed E-state index contributed by atoms with van der Waals surface area (Å²) in [6.45, 7) is 0.471. The van der Waals surface area contributed by atoms with E-state index in [1.54, 1.807) is 24.3 Å². The van der Waals surface area contributed by atoms with Crippen LogP contribution in [0.1, 0.15) is 34.3 Å². The Kier molecular flexibility index (Phi) is 4.20. The van der Waals surface area contributed by atoms with E-state index in [-0.39, 0.29) is 11.3 Å². The molecule has 8 heteroatoms. The van der Waals surface area contributed by atoms with Crippen molar-refractivity contribution in [2.45, 2.75) is 29.8 Å². The SMILES string of the molecule is O=C(c1ccc(F)cc1)C1C2CCCN2C2(C(=O)Nc3ccc(F)cc32)C12C(=O)Nc1ccccc12. The van der Waals surface area contributed by atoms with Crippen molar-refractivity contribution in [1.82, 2.24) is 4.90 Å². The number of amides is 2. The lowest BCUT2D eigenvalue weighted by molar-refractivity contribution is -0.137. The van der Waals surface area contributed by atoms with E-state index in [1.165, 1.54) is 42.5 Å². The quantitative estimate of drug-likeness (QED) is 0.539. The van der Waals surface area contributed by atoms with Crippen molar-refractivity contribution in [1.29, 1.82) is 0 Å². The van der Waals surface area contributed by atoms with Crippen molar-refractivity contribution in [3.05, 3.63) is 95.1 Å². The summed E-state index contributed by atoms with van der Waals surface area (Å²) in [6, 6.07) is 16.0. The number of ketones is 1. The number of carbonyl (C=O) groups excluding carboxylic acids is 3. The Balaban J connectivity index is 1.59. The van der Waals surface area contributed by atoms with Gasteiger partial charge in [-0.3, -0.25) is 19.3 Å². The third-order valence-electron chi connectivity index (χ3n) is 8.47. The molecule has 0 aliphatic carbocycles. The highest BCUT2D eigenvalue weighted by Crippen LogP contribution is 2.67. The smallest absolute Gasteiger partial charge is 0.251 e. The van der Waals surface area contributed by atoms with Crippen LogP contribution in [0.5, 0.6) is 0 Å². The normalized spacial score (nSPS) is 29.8. The Bertz CT molecular complexity index is 1490. The maximum atomic E-state index is 14.7. The van der Waals surface area contributed by atoms with E-state index in [9.17, 15) is 23.2 Å². The van der Waals surface area contributed by atoms with Gasteiger partial charge in [0.25, 0.3) is 5.91 Å². The molecule has 2 spiro atoms. The van der Waals surface area contributed by atoms with E-state index in [4.69, 9.17) is 0 Å². The lowest BCUT2D eigenvalue weighted by Gasteiger charge is -2.43. The lowest BCUT2D eigenvalue weighted by Crippen LogP contribution is -2.62. The molecule has 0 saturated carbocycles. The van der Waals surface area contributed by atoms with Crippen LogP contribution in [-0.2, 0) is 20.5 Å². The van der Waals surface area contributed by atoms with Crippen molar-refractivity contribution in [2.24, 2.45) is 5.92 Å². The first kappa shape index (κ1) is 21.4. The highest BCUT2D eigenvalue weighted by atomic mass is 19.1. The minimum atomic E-state index is -1.65. The standard InChI is InChI=1S/C28H21F2N3O3/c29-16-9-7-15(8-10-16)24(34)23-22-6-3-13-33(22)28(19-14-17(30)11-12-21(19)32-26(28)36)27(23)18-4-1-2-5-20(18)31-25(27)35/h1-2,4-5,7-12,14,22-23H,3,6,13H2,(H,31,35)(H,32,36). The van der Waals surface area contributed by atoms with Crippen LogP contribution in [0.2, 0.25) is 0 Å². The number of hydrogen-bond donors (Lipinski definition) is 2. The second-order valence-corrected chi connectivity index (χ2v) is 9.91. The first-order valence-corrected chi connectivity index (χ1v) is 12.0. The van der Waals surface area contributed by atoms with Crippen LogP contribution in [-0.4, -0.2) is 35.1 Å². The minimum absolute atomic E-state index is 0.264. The predicted molar refractivity (Wildman–Crippen MR) is 127 cm³/mol. The number of nitrogens with zero attached hydrogens (tertiary/aromatic N) is 1. The Morgan fingerprint density at radius 2 is 1.56 bits per heavy atom. The number of rotatable bonds is 2. The van der Waals surface area contributed by atoms with E-state index in [0.29, 0.717) is 35.5 Å². The second kappa shape index (κ2) is 7.07. The molecule has 3 aromatic carbocycles. The Morgan fingerprint density at radius 3 is 2.36 bits per heavy atom. The van der Waals surface area contributed by atoms with Crippen LogP contribution < -0.4 is 10.6 Å². The molecule has 0 bridgehead atoms. The van der Waals surface area contributed by atoms with Crippen LogP contribution in [0.15, 0.2) is 66.7 Å². The molecule has 4 aliphatic rings. The molecule has 4 heterocycles. The summed E-state index contributed by atoms with van der Waals surface area (Å²) >= 11 is 0. The van der Waals surface area contributed by atoms with Gasteiger partial charge in [-0.05, 0) is 73.5 Å². The molecule has 3 aromatic rings. The topological polar surface area (TPSA) is 78.5 Å². The Hall–Kier alpha value is -3.91. The molecule has 2 fully saturated rings. The molecule has 4 aliphatic heterocycles. The van der Waals surface area contributed by atoms with Gasteiger partial charge >= 0.3 is 0 Å². The first-order valence-electron chi connectivity index (χ1n) is 12.0. The number of carbonyl (C=O) groups is 3. The molecule has 4 atom stereocenters. The lowest BCUT2D eigenvalue weighted by atomic mass is 9.57. The number of hydrogen-bond acceptors (Lipinski definition) is 4. The summed E-state index contributed by atoms with van der Waals surface area (Å²) in [6.07, 6.45) is 1.31. The fourth-order valence-corrected chi connectivity index (χ4v) is 7.34. The summed E-state index contributed by atoms with van der Waals surface area (Å²) in [4.78, 5) is 44.7. The molecule has 4 unspecified atom stereocenters. The van der Waals surface area contributed by atoms with Crippen LogP contribution in [0, 0.1) is 17.6 Å². The highest BCUT2D eigenvalue weighted by Gasteiger charge is 2.81. The van der Waals surface area contributed by atoms with Gasteiger partial charge in [0.05, 0.1) is 5.92 Å². The van der Waals surface area contributed by atoms with E-state index >= 15 is 0 Å². The van der Waals surface area contributed by atoms with Crippen molar-refractivity contribution < 1.29 is 23.2 Å². The summed E-state index contributed by atoms with van der Waals surface area (Å²) in [5, 5.41) is 5.82. The number of Topliss-reactive ketones (excluding diaryl/α,β-unsaturated/α-hetero) is 1. The van der Waals surface area contributed by atoms with Gasteiger partial charge in [-0.1, -0.05) is 18.2 Å². The molecule has 2 saturated heterocycles.